The molecule has 5 nitrogen and oxygen atoms in total. The van der Waals surface area contributed by atoms with Crippen molar-refractivity contribution >= 4 is 21.7 Å². The summed E-state index contributed by atoms with van der Waals surface area (Å²) in [6.07, 6.45) is 4.32. The fraction of sp³-hybridized carbons (Fsp3) is 0.429. The first-order valence-corrected chi connectivity index (χ1v) is 7.29. The Kier molecular flexibility index (Phi) is 5.14. The number of aromatic nitrogens is 2. The normalized spacial score (nSPS) is 11.2. The molecule has 0 atom stereocenters. The van der Waals surface area contributed by atoms with Crippen molar-refractivity contribution in [3.05, 3.63) is 40.5 Å². The van der Waals surface area contributed by atoms with E-state index in [4.69, 9.17) is 4.42 Å². The molecule has 6 heteroatoms. The van der Waals surface area contributed by atoms with Gasteiger partial charge in [-0.25, -0.2) is 0 Å². The van der Waals surface area contributed by atoms with E-state index in [1.807, 2.05) is 26.2 Å². The van der Waals surface area contributed by atoms with Crippen molar-refractivity contribution in [1.29, 1.82) is 0 Å². The largest absolute Gasteiger partial charge is 0.469 e. The number of rotatable bonds is 7. The van der Waals surface area contributed by atoms with Gasteiger partial charge in [0.1, 0.15) is 11.5 Å². The molecule has 0 bridgehead atoms. The van der Waals surface area contributed by atoms with Crippen LogP contribution in [0.25, 0.3) is 0 Å². The molecule has 0 unspecified atom stereocenters. The summed E-state index contributed by atoms with van der Waals surface area (Å²) in [4.78, 5) is 14.4. The van der Waals surface area contributed by atoms with Crippen molar-refractivity contribution in [2.24, 2.45) is 0 Å². The standard InChI is InChI=1S/C14H18BrN3O2/c1-17(2)7-8-18-14(12(15)10-16-18)13(19)6-5-11-4-3-9-20-11/h3-4,9-10H,5-8H2,1-2H3. The maximum absolute atomic E-state index is 12.3. The van der Waals surface area contributed by atoms with E-state index >= 15 is 0 Å². The lowest BCUT2D eigenvalue weighted by atomic mass is 10.1. The maximum Gasteiger partial charge on any atom is 0.182 e. The van der Waals surface area contributed by atoms with Crippen LogP contribution in [0.3, 0.4) is 0 Å². The van der Waals surface area contributed by atoms with E-state index in [0.29, 0.717) is 25.1 Å². The molecule has 2 aromatic heterocycles. The van der Waals surface area contributed by atoms with Crippen LogP contribution in [0, 0.1) is 0 Å². The first kappa shape index (κ1) is 15.0. The molecule has 2 rings (SSSR count). The van der Waals surface area contributed by atoms with E-state index in [1.165, 1.54) is 0 Å². The van der Waals surface area contributed by atoms with Gasteiger partial charge in [-0.1, -0.05) is 0 Å². The van der Waals surface area contributed by atoms with Crippen LogP contribution in [0.4, 0.5) is 0 Å². The number of aryl methyl sites for hydroxylation is 1. The van der Waals surface area contributed by atoms with Gasteiger partial charge in [-0.05, 0) is 42.2 Å². The number of halogens is 1. The Hall–Kier alpha value is -1.40. The zero-order valence-electron chi connectivity index (χ0n) is 11.7. The maximum atomic E-state index is 12.3. The number of likely N-dealkylation sites (N-methyl/N-ethyl adjacent to an activating group) is 1. The first-order valence-electron chi connectivity index (χ1n) is 6.49. The van der Waals surface area contributed by atoms with Gasteiger partial charge < -0.3 is 9.32 Å². The minimum Gasteiger partial charge on any atom is -0.469 e. The summed E-state index contributed by atoms with van der Waals surface area (Å²) in [5.74, 6) is 0.901. The molecule has 20 heavy (non-hydrogen) atoms. The lowest BCUT2D eigenvalue weighted by molar-refractivity contribution is 0.0969. The summed E-state index contributed by atoms with van der Waals surface area (Å²) < 4.78 is 7.76. The Morgan fingerprint density at radius 1 is 1.50 bits per heavy atom. The molecule has 0 aliphatic carbocycles. The summed E-state index contributed by atoms with van der Waals surface area (Å²) in [6.45, 7) is 1.53. The molecule has 0 radical (unpaired) electrons. The highest BCUT2D eigenvalue weighted by molar-refractivity contribution is 9.10. The number of ketones is 1. The molecule has 0 saturated carbocycles. The third kappa shape index (κ3) is 3.80. The molecule has 2 aromatic rings. The van der Waals surface area contributed by atoms with Crippen LogP contribution in [0.1, 0.15) is 22.7 Å². The van der Waals surface area contributed by atoms with Gasteiger partial charge in [0.05, 0.1) is 23.5 Å². The van der Waals surface area contributed by atoms with Crippen LogP contribution in [-0.2, 0) is 13.0 Å². The lowest BCUT2D eigenvalue weighted by Crippen LogP contribution is -2.21. The molecule has 2 heterocycles. The third-order valence-electron chi connectivity index (χ3n) is 3.00. The van der Waals surface area contributed by atoms with Crippen LogP contribution >= 0.6 is 15.9 Å². The summed E-state index contributed by atoms with van der Waals surface area (Å²) in [6, 6.07) is 3.71. The minimum absolute atomic E-state index is 0.0736. The van der Waals surface area contributed by atoms with E-state index < -0.39 is 0 Å². The van der Waals surface area contributed by atoms with E-state index in [9.17, 15) is 4.79 Å². The Morgan fingerprint density at radius 2 is 2.30 bits per heavy atom. The molecule has 0 aliphatic heterocycles. The number of Topliss-reactive ketones (excluding diaryl/α,β-unsaturated/α-hetero) is 1. The SMILES string of the molecule is CN(C)CCn1ncc(Br)c1C(=O)CCc1ccco1. The second kappa shape index (κ2) is 6.85. The smallest absolute Gasteiger partial charge is 0.182 e. The molecular weight excluding hydrogens is 322 g/mol. The summed E-state index contributed by atoms with van der Waals surface area (Å²) in [5, 5.41) is 4.25. The van der Waals surface area contributed by atoms with Gasteiger partial charge in [0.15, 0.2) is 5.78 Å². The highest BCUT2D eigenvalue weighted by Gasteiger charge is 2.17. The Balaban J connectivity index is 2.02. The molecule has 0 amide bonds. The highest BCUT2D eigenvalue weighted by atomic mass is 79.9. The fourth-order valence-electron chi connectivity index (χ4n) is 1.91. The van der Waals surface area contributed by atoms with Crippen LogP contribution in [0.15, 0.2) is 33.5 Å². The topological polar surface area (TPSA) is 51.3 Å². The zero-order valence-corrected chi connectivity index (χ0v) is 13.3. The van der Waals surface area contributed by atoms with Crippen molar-refractivity contribution in [1.82, 2.24) is 14.7 Å². The summed E-state index contributed by atoms with van der Waals surface area (Å²) in [5.41, 5.74) is 0.637. The van der Waals surface area contributed by atoms with Gasteiger partial charge in [-0.15, -0.1) is 0 Å². The molecule has 0 fully saturated rings. The number of nitrogens with zero attached hydrogens (tertiary/aromatic N) is 3. The van der Waals surface area contributed by atoms with Crippen molar-refractivity contribution in [3.63, 3.8) is 0 Å². The first-order chi connectivity index (χ1) is 9.58. The van der Waals surface area contributed by atoms with Crippen molar-refractivity contribution in [2.45, 2.75) is 19.4 Å². The molecule has 0 saturated heterocycles. The molecule has 108 valence electrons. The number of hydrogen-bond donors (Lipinski definition) is 0. The summed E-state index contributed by atoms with van der Waals surface area (Å²) >= 11 is 3.40. The van der Waals surface area contributed by atoms with Gasteiger partial charge in [-0.2, -0.15) is 5.10 Å². The second-order valence-corrected chi connectivity index (χ2v) is 5.72. The van der Waals surface area contributed by atoms with Crippen LogP contribution in [0.2, 0.25) is 0 Å². The molecule has 0 aliphatic rings. The number of carbonyl (C=O) groups is 1. The molecular formula is C14H18BrN3O2. The number of hydrogen-bond acceptors (Lipinski definition) is 4. The number of furan rings is 1. The predicted molar refractivity (Wildman–Crippen MR) is 79.8 cm³/mol. The average Bonchev–Trinajstić information content (AvgIpc) is 3.03. The Labute approximate surface area is 126 Å². The van der Waals surface area contributed by atoms with E-state index in [2.05, 4.69) is 25.9 Å². The van der Waals surface area contributed by atoms with Gasteiger partial charge in [-0.3, -0.25) is 9.48 Å². The van der Waals surface area contributed by atoms with Crippen LogP contribution < -0.4 is 0 Å². The molecule has 0 spiro atoms. The predicted octanol–water partition coefficient (Wildman–Crippen LogP) is 2.62. The highest BCUT2D eigenvalue weighted by Crippen LogP contribution is 2.19. The lowest BCUT2D eigenvalue weighted by Gasteiger charge is -2.11. The fourth-order valence-corrected chi connectivity index (χ4v) is 2.43. The zero-order chi connectivity index (χ0) is 14.5. The van der Waals surface area contributed by atoms with Crippen molar-refractivity contribution in [3.8, 4) is 0 Å². The molecule has 0 N–H and O–H groups in total. The van der Waals surface area contributed by atoms with Gasteiger partial charge in [0.2, 0.25) is 0 Å². The van der Waals surface area contributed by atoms with Gasteiger partial charge >= 0.3 is 0 Å². The van der Waals surface area contributed by atoms with Gasteiger partial charge in [0, 0.05) is 19.4 Å². The van der Waals surface area contributed by atoms with Crippen molar-refractivity contribution in [2.75, 3.05) is 20.6 Å². The Morgan fingerprint density at radius 3 is 2.95 bits per heavy atom. The van der Waals surface area contributed by atoms with Crippen LogP contribution in [-0.4, -0.2) is 41.1 Å². The number of carbonyl (C=O) groups excluding carboxylic acids is 1. The van der Waals surface area contributed by atoms with Crippen molar-refractivity contribution < 1.29 is 9.21 Å². The van der Waals surface area contributed by atoms with E-state index in [0.717, 1.165) is 16.8 Å². The van der Waals surface area contributed by atoms with E-state index in [-0.39, 0.29) is 5.78 Å². The Bertz CT molecular complexity index is 561. The third-order valence-corrected chi connectivity index (χ3v) is 3.58. The summed E-state index contributed by atoms with van der Waals surface area (Å²) in [7, 11) is 3.99. The van der Waals surface area contributed by atoms with Gasteiger partial charge in [0.25, 0.3) is 0 Å². The second-order valence-electron chi connectivity index (χ2n) is 4.87. The quantitative estimate of drug-likeness (QED) is 0.727. The average molecular weight is 340 g/mol. The van der Waals surface area contributed by atoms with E-state index in [1.54, 1.807) is 17.1 Å². The van der Waals surface area contributed by atoms with Crippen LogP contribution in [0.5, 0.6) is 0 Å². The molecule has 0 aromatic carbocycles. The monoisotopic (exact) mass is 339 g/mol. The minimum atomic E-state index is 0.0736.